The van der Waals surface area contributed by atoms with E-state index >= 15 is 0 Å². The predicted octanol–water partition coefficient (Wildman–Crippen LogP) is 4.34. The van der Waals surface area contributed by atoms with E-state index in [-0.39, 0.29) is 0 Å². The topological polar surface area (TPSA) is 53.4 Å². The average molecular weight is 581 g/mol. The minimum absolute atomic E-state index is 0.338. The molecule has 5 rings (SSSR count). The van der Waals surface area contributed by atoms with Crippen molar-refractivity contribution in [2.45, 2.75) is 6.92 Å². The first kappa shape index (κ1) is 23.9. The van der Waals surface area contributed by atoms with E-state index in [0.717, 1.165) is 10.7 Å². The number of hydrogen-bond acceptors (Lipinski definition) is 4. The quantitative estimate of drug-likeness (QED) is 0.269. The molecule has 0 aliphatic rings. The van der Waals surface area contributed by atoms with E-state index in [4.69, 9.17) is 7.81 Å². The summed E-state index contributed by atoms with van der Waals surface area (Å²) in [7, 11) is 1.77. The Labute approximate surface area is 215 Å². The summed E-state index contributed by atoms with van der Waals surface area (Å²) in [5, 5.41) is 4.49. The van der Waals surface area contributed by atoms with Crippen LogP contribution in [0.15, 0.2) is 121 Å². The molecule has 0 aliphatic heterocycles. The Hall–Kier alpha value is -3.84. The molecule has 0 amide bonds. The first-order valence-electron chi connectivity index (χ1n) is 11.8. The van der Waals surface area contributed by atoms with Crippen LogP contribution in [0.4, 0.5) is 0 Å². The van der Waals surface area contributed by atoms with Gasteiger partial charge in [0.1, 0.15) is 0 Å². The van der Waals surface area contributed by atoms with Crippen molar-refractivity contribution < 1.29 is 12.6 Å². The first-order chi connectivity index (χ1) is 17.6. The first-order valence-corrected chi connectivity index (χ1v) is 17.2. The van der Waals surface area contributed by atoms with Gasteiger partial charge in [0.2, 0.25) is 0 Å². The predicted molar refractivity (Wildman–Crippen MR) is 144 cm³/mol. The molecule has 0 atom stereocenters. The summed E-state index contributed by atoms with van der Waals surface area (Å²) >= 11 is -4.29. The van der Waals surface area contributed by atoms with Gasteiger partial charge < -0.3 is 0 Å². The van der Waals surface area contributed by atoms with Gasteiger partial charge in [-0.05, 0) is 0 Å². The van der Waals surface area contributed by atoms with Gasteiger partial charge in [-0.25, -0.2) is 0 Å². The molecule has 4 aromatic carbocycles. The molecule has 1 aromatic heterocycles. The Kier molecular flexibility index (Phi) is 6.91. The van der Waals surface area contributed by atoms with E-state index in [2.05, 4.69) is 41.5 Å². The van der Waals surface area contributed by atoms with Gasteiger partial charge in [0.05, 0.1) is 0 Å². The Morgan fingerprint density at radius 1 is 0.694 bits per heavy atom. The molecule has 178 valence electrons. The van der Waals surface area contributed by atoms with Crippen LogP contribution in [-0.2, 0) is 10.1 Å². The molecule has 0 saturated carbocycles. The van der Waals surface area contributed by atoms with Gasteiger partial charge in [0.15, 0.2) is 0 Å². The maximum atomic E-state index is 14.1. The van der Waals surface area contributed by atoms with Crippen molar-refractivity contribution in [1.82, 2.24) is 9.78 Å². The zero-order chi connectivity index (χ0) is 25.0. The Morgan fingerprint density at radius 2 is 1.11 bits per heavy atom. The van der Waals surface area contributed by atoms with Crippen LogP contribution >= 0.6 is 0 Å². The molecule has 0 saturated heterocycles. The fourth-order valence-electron chi connectivity index (χ4n) is 4.47. The van der Waals surface area contributed by atoms with E-state index in [0.29, 0.717) is 22.9 Å². The van der Waals surface area contributed by atoms with E-state index in [1.807, 2.05) is 84.9 Å². The third-order valence-electron chi connectivity index (χ3n) is 6.12. The van der Waals surface area contributed by atoms with Gasteiger partial charge in [-0.1, -0.05) is 0 Å². The molecule has 5 nitrogen and oxygen atoms in total. The van der Waals surface area contributed by atoms with Crippen LogP contribution in [0.1, 0.15) is 16.1 Å². The molecule has 0 unspecified atom stereocenters. The number of aromatic nitrogens is 2. The van der Waals surface area contributed by atoms with Crippen LogP contribution in [-0.4, -0.2) is 34.5 Å². The average Bonchev–Trinajstić information content (AvgIpc) is 3.21. The Morgan fingerprint density at radius 3 is 1.56 bits per heavy atom. The number of nitrogens with zero attached hydrogens (tertiary/aromatic N) is 2. The second-order valence-corrected chi connectivity index (χ2v) is 17.9. The van der Waals surface area contributed by atoms with Gasteiger partial charge >= 0.3 is 216 Å². The van der Waals surface area contributed by atoms with Crippen molar-refractivity contribution >= 4 is 35.5 Å². The second kappa shape index (κ2) is 10.4. The number of aryl methyl sites for hydroxylation is 2. The SMILES string of the molecule is Cc1nn(C)c(Oc2ccccc2)c1C(=O)[O][Sn]([c]1ccccc1)([c]1ccccc1)[c]1ccccc1. The third kappa shape index (κ3) is 4.54. The van der Waals surface area contributed by atoms with Crippen molar-refractivity contribution in [3.05, 3.63) is 133 Å². The summed E-state index contributed by atoms with van der Waals surface area (Å²) in [6.45, 7) is 1.80. The number of benzene rings is 4. The van der Waals surface area contributed by atoms with Gasteiger partial charge in [-0.3, -0.25) is 0 Å². The second-order valence-electron chi connectivity index (χ2n) is 8.47. The molecule has 0 N–H and O–H groups in total. The summed E-state index contributed by atoms with van der Waals surface area (Å²) < 4.78 is 17.7. The summed E-state index contributed by atoms with van der Waals surface area (Å²) in [6, 6.07) is 39.7. The van der Waals surface area contributed by atoms with Crippen molar-refractivity contribution in [1.29, 1.82) is 0 Å². The van der Waals surface area contributed by atoms with Gasteiger partial charge in [0.25, 0.3) is 0 Å². The number of rotatable bonds is 7. The molecule has 1 heterocycles. The third-order valence-corrected chi connectivity index (χ3v) is 17.3. The number of carbonyl (C=O) groups is 1. The van der Waals surface area contributed by atoms with Crippen LogP contribution < -0.4 is 15.5 Å². The van der Waals surface area contributed by atoms with Crippen molar-refractivity contribution in [2.24, 2.45) is 7.05 Å². The summed E-state index contributed by atoms with van der Waals surface area (Å²) in [5.41, 5.74) is 0.896. The van der Waals surface area contributed by atoms with Crippen molar-refractivity contribution in [3.63, 3.8) is 0 Å². The number of hydrogen-bond donors (Lipinski definition) is 0. The van der Waals surface area contributed by atoms with E-state index in [1.54, 1.807) is 18.7 Å². The van der Waals surface area contributed by atoms with Crippen LogP contribution in [0, 0.1) is 6.92 Å². The van der Waals surface area contributed by atoms with Gasteiger partial charge in [-0.2, -0.15) is 0 Å². The van der Waals surface area contributed by atoms with Crippen molar-refractivity contribution in [3.8, 4) is 11.6 Å². The maximum absolute atomic E-state index is 14.1. The van der Waals surface area contributed by atoms with E-state index in [9.17, 15) is 4.79 Å². The van der Waals surface area contributed by atoms with Crippen LogP contribution in [0.5, 0.6) is 11.6 Å². The molecule has 0 radical (unpaired) electrons. The zero-order valence-corrected chi connectivity index (χ0v) is 23.0. The zero-order valence-electron chi connectivity index (χ0n) is 20.2. The summed E-state index contributed by atoms with van der Waals surface area (Å²) in [4.78, 5) is 14.1. The molecule has 6 heteroatoms. The standard InChI is InChI=1S/C12H12N2O3.3C6H5.Sn/c1-8-10(12(15)16)11(14(2)13-8)17-9-6-4-3-5-7-9;3*1-2-4-6-5-3-1;/h3-7H,1-2H3,(H,15,16);3*1-5H;/q;;;;+1/p-1. The molecule has 0 aliphatic carbocycles. The molecule has 0 fully saturated rings. The monoisotopic (exact) mass is 582 g/mol. The van der Waals surface area contributed by atoms with Crippen LogP contribution in [0.25, 0.3) is 0 Å². The molecule has 0 spiro atoms. The normalized spacial score (nSPS) is 11.2. The van der Waals surface area contributed by atoms with E-state index < -0.39 is 24.8 Å². The Balaban J connectivity index is 1.67. The fraction of sp³-hybridized carbons (Fsp3) is 0.0667. The molecule has 36 heavy (non-hydrogen) atoms. The molecular weight excluding hydrogens is 555 g/mol. The number of para-hydroxylation sites is 1. The van der Waals surface area contributed by atoms with Crippen LogP contribution in [0.2, 0.25) is 0 Å². The molecular formula is C30H26N2O3Sn. The van der Waals surface area contributed by atoms with Gasteiger partial charge in [0, 0.05) is 0 Å². The van der Waals surface area contributed by atoms with Crippen LogP contribution in [0.3, 0.4) is 0 Å². The number of carbonyl (C=O) groups excluding carboxylic acids is 1. The summed E-state index contributed by atoms with van der Waals surface area (Å²) in [6.07, 6.45) is 0. The number of ether oxygens (including phenoxy) is 1. The van der Waals surface area contributed by atoms with Crippen molar-refractivity contribution in [2.75, 3.05) is 0 Å². The van der Waals surface area contributed by atoms with Gasteiger partial charge in [-0.15, -0.1) is 0 Å². The molecule has 5 aromatic rings. The molecule has 0 bridgehead atoms. The fourth-order valence-corrected chi connectivity index (χ4v) is 15.1. The Bertz CT molecular complexity index is 1360. The summed E-state index contributed by atoms with van der Waals surface area (Å²) in [5.74, 6) is 0.551. The van der Waals surface area contributed by atoms with E-state index in [1.165, 1.54) is 0 Å². The minimum atomic E-state index is -4.29.